The molecule has 4 nitrogen and oxygen atoms in total. The zero-order chi connectivity index (χ0) is 15.7. The lowest BCUT2D eigenvalue weighted by atomic mass is 9.85. The second-order valence-corrected chi connectivity index (χ2v) is 5.68. The van der Waals surface area contributed by atoms with E-state index in [9.17, 15) is 15.0 Å². The topological polar surface area (TPSA) is 60.8 Å². The number of hydrogen-bond acceptors (Lipinski definition) is 3. The predicted octanol–water partition coefficient (Wildman–Crippen LogP) is 1.71. The summed E-state index contributed by atoms with van der Waals surface area (Å²) < 4.78 is 0. The van der Waals surface area contributed by atoms with Gasteiger partial charge in [-0.2, -0.15) is 0 Å². The first-order valence-corrected chi connectivity index (χ1v) is 7.34. The van der Waals surface area contributed by atoms with Crippen LogP contribution in [0.15, 0.2) is 60.7 Å². The summed E-state index contributed by atoms with van der Waals surface area (Å²) in [5.74, 6) is -0.803. The molecule has 22 heavy (non-hydrogen) atoms. The summed E-state index contributed by atoms with van der Waals surface area (Å²) in [7, 11) is 1.63. The van der Waals surface area contributed by atoms with Gasteiger partial charge in [0, 0.05) is 13.0 Å². The predicted molar refractivity (Wildman–Crippen MR) is 83.1 cm³/mol. The molecule has 0 bridgehead atoms. The zero-order valence-electron chi connectivity index (χ0n) is 12.3. The third-order valence-electron chi connectivity index (χ3n) is 4.41. The highest BCUT2D eigenvalue weighted by Gasteiger charge is 2.49. The van der Waals surface area contributed by atoms with Crippen LogP contribution < -0.4 is 0 Å². The monoisotopic (exact) mass is 297 g/mol. The van der Waals surface area contributed by atoms with Gasteiger partial charge in [-0.05, 0) is 11.1 Å². The van der Waals surface area contributed by atoms with Crippen LogP contribution in [-0.4, -0.2) is 40.2 Å². The number of aliphatic hydroxyl groups is 2. The van der Waals surface area contributed by atoms with E-state index in [0.29, 0.717) is 0 Å². The minimum atomic E-state index is -1.13. The summed E-state index contributed by atoms with van der Waals surface area (Å²) in [5.41, 5.74) is 1.59. The molecule has 1 fully saturated rings. The minimum Gasteiger partial charge on any atom is -0.386 e. The van der Waals surface area contributed by atoms with E-state index < -0.39 is 24.2 Å². The largest absolute Gasteiger partial charge is 0.386 e. The van der Waals surface area contributed by atoms with Gasteiger partial charge in [-0.15, -0.1) is 0 Å². The number of carbonyl (C=O) groups is 1. The molecule has 4 atom stereocenters. The van der Waals surface area contributed by atoms with E-state index in [2.05, 4.69) is 0 Å². The molecule has 0 radical (unpaired) electrons. The van der Waals surface area contributed by atoms with E-state index in [1.807, 2.05) is 60.7 Å². The van der Waals surface area contributed by atoms with E-state index in [1.54, 1.807) is 7.05 Å². The van der Waals surface area contributed by atoms with Crippen LogP contribution in [0.25, 0.3) is 0 Å². The maximum atomic E-state index is 12.2. The number of hydrogen-bond donors (Lipinski definition) is 2. The van der Waals surface area contributed by atoms with E-state index in [4.69, 9.17) is 0 Å². The van der Waals surface area contributed by atoms with Gasteiger partial charge in [0.05, 0.1) is 6.04 Å². The van der Waals surface area contributed by atoms with Crippen molar-refractivity contribution in [1.82, 2.24) is 4.90 Å². The summed E-state index contributed by atoms with van der Waals surface area (Å²) in [5, 5.41) is 21.1. The number of amides is 1. The normalized spacial score (nSPS) is 26.2. The first kappa shape index (κ1) is 14.8. The molecule has 0 saturated carbocycles. The van der Waals surface area contributed by atoms with Crippen molar-refractivity contribution in [3.63, 3.8) is 0 Å². The molecule has 0 aromatic heterocycles. The molecule has 3 rings (SSSR count). The van der Waals surface area contributed by atoms with Crippen molar-refractivity contribution >= 4 is 5.91 Å². The smallest absolute Gasteiger partial charge is 0.252 e. The highest BCUT2D eigenvalue weighted by Crippen LogP contribution is 2.40. The SMILES string of the molecule is CN1C(=O)[C@H](O)C(c2ccccc2)[C@H]1[C@H](O)c1ccccc1. The number of likely N-dealkylation sites (N-methyl/N-ethyl adjacent to an activating group) is 1. The van der Waals surface area contributed by atoms with Crippen LogP contribution in [0.4, 0.5) is 0 Å². The molecule has 4 heteroatoms. The lowest BCUT2D eigenvalue weighted by Crippen LogP contribution is -2.36. The Labute approximate surface area is 129 Å². The Morgan fingerprint density at radius 1 is 1.00 bits per heavy atom. The summed E-state index contributed by atoms with van der Waals surface area (Å²) in [6.07, 6.45) is -1.98. The summed E-state index contributed by atoms with van der Waals surface area (Å²) in [4.78, 5) is 13.7. The molecule has 1 amide bonds. The summed E-state index contributed by atoms with van der Waals surface area (Å²) in [6.45, 7) is 0. The molecule has 1 aliphatic heterocycles. The standard InChI is InChI=1S/C18H19NO3/c1-19-15(16(20)13-10-6-3-7-11-13)14(17(21)18(19)22)12-8-4-2-5-9-12/h2-11,14-17,20-21H,1H3/t14?,15-,16+,17+/m0/s1. The molecule has 2 aromatic carbocycles. The maximum Gasteiger partial charge on any atom is 0.252 e. The van der Waals surface area contributed by atoms with Gasteiger partial charge in [0.1, 0.15) is 12.2 Å². The van der Waals surface area contributed by atoms with Gasteiger partial charge in [0.25, 0.3) is 5.91 Å². The molecule has 2 N–H and O–H groups in total. The molecule has 1 heterocycles. The second-order valence-electron chi connectivity index (χ2n) is 5.68. The van der Waals surface area contributed by atoms with Gasteiger partial charge < -0.3 is 15.1 Å². The summed E-state index contributed by atoms with van der Waals surface area (Å²) in [6, 6.07) is 18.1. The Kier molecular flexibility index (Phi) is 3.96. The first-order valence-electron chi connectivity index (χ1n) is 7.34. The van der Waals surface area contributed by atoms with Crippen LogP contribution in [-0.2, 0) is 4.79 Å². The molecule has 2 aromatic rings. The third-order valence-corrected chi connectivity index (χ3v) is 4.41. The van der Waals surface area contributed by atoms with Crippen molar-refractivity contribution in [1.29, 1.82) is 0 Å². The zero-order valence-corrected chi connectivity index (χ0v) is 12.3. The van der Waals surface area contributed by atoms with Gasteiger partial charge >= 0.3 is 0 Å². The second kappa shape index (κ2) is 5.91. The fraction of sp³-hybridized carbons (Fsp3) is 0.278. The average Bonchev–Trinajstić information content (AvgIpc) is 2.80. The van der Waals surface area contributed by atoms with Crippen molar-refractivity contribution in [2.75, 3.05) is 7.05 Å². The molecule has 1 unspecified atom stereocenters. The molecular weight excluding hydrogens is 278 g/mol. The molecular formula is C18H19NO3. The van der Waals surface area contributed by atoms with Crippen molar-refractivity contribution in [3.8, 4) is 0 Å². The molecule has 0 aliphatic carbocycles. The molecule has 0 spiro atoms. The molecule has 1 saturated heterocycles. The fourth-order valence-corrected chi connectivity index (χ4v) is 3.25. The Morgan fingerprint density at radius 3 is 2.14 bits per heavy atom. The van der Waals surface area contributed by atoms with Gasteiger partial charge in [-0.3, -0.25) is 4.79 Å². The van der Waals surface area contributed by atoms with Crippen LogP contribution in [0.2, 0.25) is 0 Å². The highest BCUT2D eigenvalue weighted by molar-refractivity contribution is 5.85. The Hall–Kier alpha value is -2.17. The number of carbonyl (C=O) groups excluding carboxylic acids is 1. The Morgan fingerprint density at radius 2 is 1.55 bits per heavy atom. The number of rotatable bonds is 3. The van der Waals surface area contributed by atoms with E-state index in [-0.39, 0.29) is 5.91 Å². The van der Waals surface area contributed by atoms with Gasteiger partial charge in [0.15, 0.2) is 0 Å². The maximum absolute atomic E-state index is 12.2. The number of aliphatic hydroxyl groups excluding tert-OH is 2. The van der Waals surface area contributed by atoms with Gasteiger partial charge in [-0.1, -0.05) is 60.7 Å². The van der Waals surface area contributed by atoms with Crippen molar-refractivity contribution in [2.24, 2.45) is 0 Å². The summed E-state index contributed by atoms with van der Waals surface area (Å²) >= 11 is 0. The quantitative estimate of drug-likeness (QED) is 0.906. The highest BCUT2D eigenvalue weighted by atomic mass is 16.3. The number of likely N-dealkylation sites (tertiary alicyclic amines) is 1. The Balaban J connectivity index is 2.01. The number of benzene rings is 2. The lowest BCUT2D eigenvalue weighted by molar-refractivity contribution is -0.135. The first-order chi connectivity index (χ1) is 10.6. The number of nitrogens with zero attached hydrogens (tertiary/aromatic N) is 1. The lowest BCUT2D eigenvalue weighted by Gasteiger charge is -2.30. The Bertz CT molecular complexity index is 644. The minimum absolute atomic E-state index is 0.353. The van der Waals surface area contributed by atoms with Crippen LogP contribution >= 0.6 is 0 Å². The van der Waals surface area contributed by atoms with Crippen LogP contribution in [0, 0.1) is 0 Å². The van der Waals surface area contributed by atoms with Gasteiger partial charge in [0.2, 0.25) is 0 Å². The van der Waals surface area contributed by atoms with Crippen LogP contribution in [0.3, 0.4) is 0 Å². The fourth-order valence-electron chi connectivity index (χ4n) is 3.25. The van der Waals surface area contributed by atoms with Crippen molar-refractivity contribution in [2.45, 2.75) is 24.2 Å². The van der Waals surface area contributed by atoms with Gasteiger partial charge in [-0.25, -0.2) is 0 Å². The average molecular weight is 297 g/mol. The van der Waals surface area contributed by atoms with Crippen molar-refractivity contribution < 1.29 is 15.0 Å². The molecule has 114 valence electrons. The van der Waals surface area contributed by atoms with E-state index >= 15 is 0 Å². The third kappa shape index (κ3) is 2.40. The van der Waals surface area contributed by atoms with Crippen LogP contribution in [0.1, 0.15) is 23.1 Å². The van der Waals surface area contributed by atoms with Crippen LogP contribution in [0.5, 0.6) is 0 Å². The van der Waals surface area contributed by atoms with E-state index in [1.165, 1.54) is 4.90 Å². The van der Waals surface area contributed by atoms with Crippen molar-refractivity contribution in [3.05, 3.63) is 71.8 Å². The molecule has 1 aliphatic rings. The van der Waals surface area contributed by atoms with E-state index in [0.717, 1.165) is 11.1 Å².